The Labute approximate surface area is 176 Å². The molecule has 2 unspecified atom stereocenters. The summed E-state index contributed by atoms with van der Waals surface area (Å²) >= 11 is 12.3. The van der Waals surface area contributed by atoms with Gasteiger partial charge in [-0.15, -0.1) is 0 Å². The molecule has 146 valence electrons. The first-order chi connectivity index (χ1) is 13.8. The second-order valence-electron chi connectivity index (χ2n) is 7.25. The van der Waals surface area contributed by atoms with E-state index in [1.165, 1.54) is 4.90 Å². The van der Waals surface area contributed by atoms with Gasteiger partial charge >= 0.3 is 0 Å². The van der Waals surface area contributed by atoms with E-state index in [0.717, 1.165) is 5.56 Å². The number of hydrogen-bond donors (Lipinski definition) is 1. The lowest BCUT2D eigenvalue weighted by Gasteiger charge is -2.36. The van der Waals surface area contributed by atoms with E-state index < -0.39 is 29.2 Å². The summed E-state index contributed by atoms with van der Waals surface area (Å²) < 4.78 is 5.61. The molecule has 0 saturated heterocycles. The lowest BCUT2D eigenvalue weighted by Crippen LogP contribution is -2.53. The van der Waals surface area contributed by atoms with E-state index in [4.69, 9.17) is 27.9 Å². The lowest BCUT2D eigenvalue weighted by atomic mass is 9.81. The summed E-state index contributed by atoms with van der Waals surface area (Å²) in [5.74, 6) is -1.56. The molecule has 2 amide bonds. The minimum absolute atomic E-state index is 0.0490. The second kappa shape index (κ2) is 5.84. The number of ketones is 1. The van der Waals surface area contributed by atoms with Gasteiger partial charge in [0.05, 0.1) is 11.3 Å². The molecule has 3 aliphatic rings. The minimum atomic E-state index is -1.68. The van der Waals surface area contributed by atoms with E-state index in [0.29, 0.717) is 27.0 Å². The fourth-order valence-electron chi connectivity index (χ4n) is 4.32. The van der Waals surface area contributed by atoms with Crippen LogP contribution in [0.15, 0.2) is 47.7 Å². The number of aryl methyl sites for hydroxylation is 1. The highest BCUT2D eigenvalue weighted by molar-refractivity contribution is 6.33. The normalized spacial score (nSPS) is 24.9. The van der Waals surface area contributed by atoms with E-state index in [1.807, 2.05) is 0 Å². The molecule has 29 heavy (non-hydrogen) atoms. The SMILES string of the molecule is Cc1ccc(Cl)cc1N1C(=O)C2=C(C(=O)C(C)O2)C12C(=O)Nc1cc(Cl)ccc12. The van der Waals surface area contributed by atoms with E-state index in [-0.39, 0.29) is 11.3 Å². The number of halogens is 2. The van der Waals surface area contributed by atoms with Crippen LogP contribution in [0, 0.1) is 6.92 Å². The van der Waals surface area contributed by atoms with Gasteiger partial charge in [-0.25, -0.2) is 0 Å². The third-order valence-electron chi connectivity index (χ3n) is 5.59. The maximum absolute atomic E-state index is 13.5. The summed E-state index contributed by atoms with van der Waals surface area (Å²) in [4.78, 5) is 41.3. The first kappa shape index (κ1) is 18.2. The van der Waals surface area contributed by atoms with Gasteiger partial charge in [0, 0.05) is 21.3 Å². The molecule has 0 bridgehead atoms. The van der Waals surface area contributed by atoms with Crippen molar-refractivity contribution in [3.63, 3.8) is 0 Å². The summed E-state index contributed by atoms with van der Waals surface area (Å²) in [5.41, 5.74) is 0.437. The molecular formula is C21H14Cl2N2O4. The molecule has 0 radical (unpaired) electrons. The maximum atomic E-state index is 13.5. The number of Topliss-reactive ketones (excluding diaryl/α,β-unsaturated/α-hetero) is 1. The Morgan fingerprint density at radius 3 is 2.52 bits per heavy atom. The number of amides is 2. The van der Waals surface area contributed by atoms with Gasteiger partial charge in [-0.1, -0.05) is 35.3 Å². The number of fused-ring (bicyclic) bond motifs is 3. The lowest BCUT2D eigenvalue weighted by molar-refractivity contribution is -0.128. The number of rotatable bonds is 1. The maximum Gasteiger partial charge on any atom is 0.295 e. The summed E-state index contributed by atoms with van der Waals surface area (Å²) in [5, 5.41) is 3.60. The number of benzene rings is 2. The molecular weight excluding hydrogens is 415 g/mol. The topological polar surface area (TPSA) is 75.7 Å². The van der Waals surface area contributed by atoms with Crippen LogP contribution in [0.2, 0.25) is 10.0 Å². The Hall–Kier alpha value is -2.83. The highest BCUT2D eigenvalue weighted by Crippen LogP contribution is 2.55. The van der Waals surface area contributed by atoms with Crippen molar-refractivity contribution in [3.05, 3.63) is 68.9 Å². The molecule has 6 nitrogen and oxygen atoms in total. The predicted octanol–water partition coefficient (Wildman–Crippen LogP) is 3.74. The van der Waals surface area contributed by atoms with Crippen LogP contribution >= 0.6 is 23.2 Å². The molecule has 3 aliphatic heterocycles. The van der Waals surface area contributed by atoms with Crippen LogP contribution < -0.4 is 10.2 Å². The average molecular weight is 429 g/mol. The van der Waals surface area contributed by atoms with Gasteiger partial charge in [0.2, 0.25) is 5.78 Å². The first-order valence-corrected chi connectivity index (χ1v) is 9.70. The third-order valence-corrected chi connectivity index (χ3v) is 6.06. The number of nitrogens with one attached hydrogen (secondary N) is 1. The smallest absolute Gasteiger partial charge is 0.295 e. The van der Waals surface area contributed by atoms with Crippen molar-refractivity contribution in [1.29, 1.82) is 0 Å². The van der Waals surface area contributed by atoms with Gasteiger partial charge in [0.15, 0.2) is 17.4 Å². The van der Waals surface area contributed by atoms with Gasteiger partial charge < -0.3 is 10.1 Å². The van der Waals surface area contributed by atoms with Gasteiger partial charge in [-0.05, 0) is 43.7 Å². The van der Waals surface area contributed by atoms with Crippen LogP contribution in [0.1, 0.15) is 18.1 Å². The summed E-state index contributed by atoms with van der Waals surface area (Å²) in [6, 6.07) is 9.93. The van der Waals surface area contributed by atoms with Gasteiger partial charge in [0.1, 0.15) is 0 Å². The van der Waals surface area contributed by atoms with E-state index in [1.54, 1.807) is 50.2 Å². The van der Waals surface area contributed by atoms with E-state index >= 15 is 0 Å². The van der Waals surface area contributed by atoms with Crippen LogP contribution in [0.5, 0.6) is 0 Å². The largest absolute Gasteiger partial charge is 0.476 e. The monoisotopic (exact) mass is 428 g/mol. The molecule has 0 fully saturated rings. The zero-order valence-corrected chi connectivity index (χ0v) is 16.9. The quantitative estimate of drug-likeness (QED) is 0.750. The van der Waals surface area contributed by atoms with Crippen molar-refractivity contribution >= 4 is 52.2 Å². The molecule has 3 heterocycles. The number of anilines is 2. The van der Waals surface area contributed by atoms with Crippen LogP contribution in [0.3, 0.4) is 0 Å². The Balaban J connectivity index is 1.87. The summed E-state index contributed by atoms with van der Waals surface area (Å²) in [6.45, 7) is 3.36. The molecule has 2 atom stereocenters. The summed E-state index contributed by atoms with van der Waals surface area (Å²) in [6.07, 6.45) is -0.840. The van der Waals surface area contributed by atoms with Crippen LogP contribution in [-0.4, -0.2) is 23.7 Å². The zero-order chi connectivity index (χ0) is 20.7. The fraction of sp³-hybridized carbons (Fsp3) is 0.190. The first-order valence-electron chi connectivity index (χ1n) is 8.94. The standard InChI is InChI=1S/C21H14Cl2N2O4/c1-9-3-4-12(23)8-15(9)25-19(27)18-16(17(26)10(2)29-18)21(25)13-6-5-11(22)7-14(13)24-20(21)28/h3-8,10H,1-2H3,(H,24,28). The number of carbonyl (C=O) groups is 3. The Morgan fingerprint density at radius 1 is 1.07 bits per heavy atom. The van der Waals surface area contributed by atoms with Crippen molar-refractivity contribution in [2.45, 2.75) is 25.5 Å². The van der Waals surface area contributed by atoms with Crippen molar-refractivity contribution in [3.8, 4) is 0 Å². The van der Waals surface area contributed by atoms with Crippen molar-refractivity contribution in [2.24, 2.45) is 0 Å². The fourth-order valence-corrected chi connectivity index (χ4v) is 4.66. The van der Waals surface area contributed by atoms with Crippen LogP contribution in [0.4, 0.5) is 11.4 Å². The second-order valence-corrected chi connectivity index (χ2v) is 8.13. The molecule has 1 spiro atoms. The zero-order valence-electron chi connectivity index (χ0n) is 15.4. The average Bonchev–Trinajstić information content (AvgIpc) is 3.21. The van der Waals surface area contributed by atoms with Crippen LogP contribution in [-0.2, 0) is 24.7 Å². The van der Waals surface area contributed by atoms with E-state index in [2.05, 4.69) is 5.32 Å². The van der Waals surface area contributed by atoms with Gasteiger partial charge in [-0.2, -0.15) is 0 Å². The van der Waals surface area contributed by atoms with Crippen molar-refractivity contribution in [2.75, 3.05) is 10.2 Å². The van der Waals surface area contributed by atoms with Gasteiger partial charge in [0.25, 0.3) is 11.8 Å². The van der Waals surface area contributed by atoms with Crippen molar-refractivity contribution < 1.29 is 19.1 Å². The molecule has 0 saturated carbocycles. The number of hydrogen-bond acceptors (Lipinski definition) is 4. The highest BCUT2D eigenvalue weighted by Gasteiger charge is 2.67. The molecule has 0 aromatic heterocycles. The van der Waals surface area contributed by atoms with E-state index in [9.17, 15) is 14.4 Å². The van der Waals surface area contributed by atoms with Crippen LogP contribution in [0.25, 0.3) is 0 Å². The van der Waals surface area contributed by atoms with Crippen molar-refractivity contribution in [1.82, 2.24) is 0 Å². The molecule has 0 aliphatic carbocycles. The van der Waals surface area contributed by atoms with Gasteiger partial charge in [-0.3, -0.25) is 19.3 Å². The summed E-state index contributed by atoms with van der Waals surface area (Å²) in [7, 11) is 0. The minimum Gasteiger partial charge on any atom is -0.476 e. The third kappa shape index (κ3) is 2.16. The Bertz CT molecular complexity index is 1190. The number of carbonyl (C=O) groups excluding carboxylic acids is 3. The number of ether oxygens (including phenoxy) is 1. The molecule has 2 aromatic carbocycles. The predicted molar refractivity (Wildman–Crippen MR) is 108 cm³/mol. The number of nitrogens with zero attached hydrogens (tertiary/aromatic N) is 1. The molecule has 2 aromatic rings. The molecule has 8 heteroatoms. The highest BCUT2D eigenvalue weighted by atomic mass is 35.5. The Kier molecular flexibility index (Phi) is 3.67. The molecule has 1 N–H and O–H groups in total. The Morgan fingerprint density at radius 2 is 1.76 bits per heavy atom. The molecule has 5 rings (SSSR count).